The maximum Gasteiger partial charge on any atom is 0.237 e. The van der Waals surface area contributed by atoms with Crippen molar-refractivity contribution < 1.29 is 9.90 Å². The van der Waals surface area contributed by atoms with Crippen LogP contribution in [0.15, 0.2) is 29.6 Å². The molecule has 1 aromatic carbocycles. The van der Waals surface area contributed by atoms with E-state index in [1.807, 2.05) is 46.0 Å². The Bertz CT molecular complexity index is 682. The van der Waals surface area contributed by atoms with Crippen LogP contribution in [0.4, 0.5) is 5.69 Å². The molecule has 22 heavy (non-hydrogen) atoms. The van der Waals surface area contributed by atoms with E-state index in [4.69, 9.17) is 0 Å². The molecule has 1 aromatic heterocycles. The Morgan fingerprint density at radius 1 is 1.45 bits per heavy atom. The van der Waals surface area contributed by atoms with E-state index in [9.17, 15) is 9.90 Å². The lowest BCUT2D eigenvalue weighted by molar-refractivity contribution is -0.115. The van der Waals surface area contributed by atoms with Gasteiger partial charge in [-0.15, -0.1) is 0 Å². The lowest BCUT2D eigenvalue weighted by atomic mass is 10.1. The number of benzene rings is 1. The van der Waals surface area contributed by atoms with Gasteiger partial charge in [0.05, 0.1) is 23.7 Å². The number of nitrogens with one attached hydrogen (secondary N) is 1. The van der Waals surface area contributed by atoms with E-state index < -0.39 is 0 Å². The minimum atomic E-state index is -0.285. The number of aryl methyl sites for hydroxylation is 1. The van der Waals surface area contributed by atoms with Crippen LogP contribution in [0.25, 0.3) is 0 Å². The first-order valence-electron chi connectivity index (χ1n) is 7.09. The average Bonchev–Trinajstić information content (AvgIpc) is 2.84. The summed E-state index contributed by atoms with van der Waals surface area (Å²) in [4.78, 5) is 16.6. The van der Waals surface area contributed by atoms with Crippen molar-refractivity contribution in [1.29, 1.82) is 0 Å². The van der Waals surface area contributed by atoms with Crippen molar-refractivity contribution in [1.82, 2.24) is 9.55 Å². The largest absolute Gasteiger partial charge is 0.390 e. The first kappa shape index (κ1) is 16.6. The Hall–Kier alpha value is -1.79. The molecule has 2 rings (SSSR count). The number of aliphatic hydroxyl groups is 1. The number of aliphatic hydroxyl groups excluding tert-OH is 1. The highest BCUT2D eigenvalue weighted by molar-refractivity contribution is 8.00. The maximum atomic E-state index is 12.3. The highest BCUT2D eigenvalue weighted by Gasteiger charge is 2.18. The summed E-state index contributed by atoms with van der Waals surface area (Å²) in [5, 5.41) is 12.6. The van der Waals surface area contributed by atoms with Gasteiger partial charge in [-0.2, -0.15) is 0 Å². The summed E-state index contributed by atoms with van der Waals surface area (Å²) in [6.45, 7) is 5.80. The number of carbonyl (C=O) groups is 1. The fourth-order valence-electron chi connectivity index (χ4n) is 2.01. The highest BCUT2D eigenvalue weighted by Crippen LogP contribution is 2.25. The molecule has 2 N–H and O–H groups in total. The van der Waals surface area contributed by atoms with Gasteiger partial charge >= 0.3 is 0 Å². The van der Waals surface area contributed by atoms with Gasteiger partial charge in [-0.3, -0.25) is 4.79 Å². The summed E-state index contributed by atoms with van der Waals surface area (Å²) < 4.78 is 1.80. The number of carbonyl (C=O) groups excluding carboxylic acids is 1. The summed E-state index contributed by atoms with van der Waals surface area (Å²) in [6.07, 6.45) is 1.62. The predicted octanol–water partition coefficient (Wildman–Crippen LogP) is 2.65. The summed E-state index contributed by atoms with van der Waals surface area (Å²) >= 11 is 1.37. The normalized spacial score (nSPS) is 12.2. The molecular formula is C16H21N3O2S. The lowest BCUT2D eigenvalue weighted by Gasteiger charge is -2.14. The molecule has 1 amide bonds. The fourth-order valence-corrected chi connectivity index (χ4v) is 2.89. The Labute approximate surface area is 134 Å². The molecule has 6 heteroatoms. The number of amides is 1. The number of hydrogen-bond acceptors (Lipinski definition) is 4. The molecular weight excluding hydrogens is 298 g/mol. The van der Waals surface area contributed by atoms with Crippen LogP contribution in [0.1, 0.15) is 23.7 Å². The smallest absolute Gasteiger partial charge is 0.237 e. The minimum absolute atomic E-state index is 0.0624. The molecule has 0 fully saturated rings. The number of rotatable bonds is 5. The van der Waals surface area contributed by atoms with Crippen molar-refractivity contribution in [2.45, 2.75) is 37.8 Å². The van der Waals surface area contributed by atoms with E-state index in [-0.39, 0.29) is 17.8 Å². The monoisotopic (exact) mass is 319 g/mol. The predicted molar refractivity (Wildman–Crippen MR) is 89.0 cm³/mol. The SMILES string of the molecule is Cc1cccc(NC(=O)C(C)Sc2ncc(CO)n2C)c1C. The fraction of sp³-hybridized carbons (Fsp3) is 0.375. The van der Waals surface area contributed by atoms with Crippen LogP contribution in [0, 0.1) is 13.8 Å². The van der Waals surface area contributed by atoms with Crippen molar-refractivity contribution in [3.05, 3.63) is 41.2 Å². The molecule has 0 saturated heterocycles. The van der Waals surface area contributed by atoms with Crippen molar-refractivity contribution >= 4 is 23.4 Å². The molecule has 118 valence electrons. The van der Waals surface area contributed by atoms with Crippen LogP contribution in [0.5, 0.6) is 0 Å². The average molecular weight is 319 g/mol. The van der Waals surface area contributed by atoms with Gasteiger partial charge in [0.2, 0.25) is 5.91 Å². The number of nitrogens with zero attached hydrogens (tertiary/aromatic N) is 2. The van der Waals surface area contributed by atoms with Gasteiger partial charge in [0, 0.05) is 12.7 Å². The Kier molecular flexibility index (Phi) is 5.26. The second-order valence-electron chi connectivity index (χ2n) is 5.25. The quantitative estimate of drug-likeness (QED) is 0.832. The third-order valence-corrected chi connectivity index (χ3v) is 4.88. The Balaban J connectivity index is 2.06. The standard InChI is InChI=1S/C16H21N3O2S/c1-10-6-5-7-14(11(10)2)18-15(21)12(3)22-16-17-8-13(9-20)19(16)4/h5-8,12,20H,9H2,1-4H3,(H,18,21). The van der Waals surface area contributed by atoms with E-state index in [1.54, 1.807) is 10.8 Å². The number of aromatic nitrogens is 2. The first-order chi connectivity index (χ1) is 10.4. The number of thioether (sulfide) groups is 1. The van der Waals surface area contributed by atoms with Crippen LogP contribution in [0.3, 0.4) is 0 Å². The first-order valence-corrected chi connectivity index (χ1v) is 7.97. The number of imidazole rings is 1. The van der Waals surface area contributed by atoms with Gasteiger partial charge in [-0.1, -0.05) is 23.9 Å². The zero-order chi connectivity index (χ0) is 16.3. The lowest BCUT2D eigenvalue weighted by Crippen LogP contribution is -2.23. The van der Waals surface area contributed by atoms with Crippen LogP contribution in [-0.4, -0.2) is 25.8 Å². The van der Waals surface area contributed by atoms with Gasteiger partial charge in [-0.25, -0.2) is 4.98 Å². The van der Waals surface area contributed by atoms with E-state index in [2.05, 4.69) is 10.3 Å². The van der Waals surface area contributed by atoms with E-state index in [0.29, 0.717) is 5.16 Å². The van der Waals surface area contributed by atoms with Crippen LogP contribution >= 0.6 is 11.8 Å². The summed E-state index contributed by atoms with van der Waals surface area (Å²) in [5.41, 5.74) is 3.79. The molecule has 0 aliphatic carbocycles. The highest BCUT2D eigenvalue weighted by atomic mass is 32.2. The van der Waals surface area contributed by atoms with Gasteiger partial charge in [0.15, 0.2) is 5.16 Å². The van der Waals surface area contributed by atoms with Gasteiger partial charge in [0.25, 0.3) is 0 Å². The van der Waals surface area contributed by atoms with Crippen molar-refractivity contribution in [2.75, 3.05) is 5.32 Å². The molecule has 0 saturated carbocycles. The van der Waals surface area contributed by atoms with Crippen LogP contribution in [0.2, 0.25) is 0 Å². The zero-order valence-electron chi connectivity index (χ0n) is 13.3. The second-order valence-corrected chi connectivity index (χ2v) is 6.55. The summed E-state index contributed by atoms with van der Waals surface area (Å²) in [7, 11) is 1.83. The van der Waals surface area contributed by atoms with Gasteiger partial charge < -0.3 is 15.0 Å². The maximum absolute atomic E-state index is 12.3. The minimum Gasteiger partial charge on any atom is -0.390 e. The topological polar surface area (TPSA) is 67.2 Å². The van der Waals surface area contributed by atoms with Crippen LogP contribution in [-0.2, 0) is 18.4 Å². The summed E-state index contributed by atoms with van der Waals surface area (Å²) in [6, 6.07) is 5.86. The molecule has 5 nitrogen and oxygen atoms in total. The van der Waals surface area contributed by atoms with Crippen molar-refractivity contribution in [3.8, 4) is 0 Å². The van der Waals surface area contributed by atoms with E-state index in [1.165, 1.54) is 11.8 Å². The van der Waals surface area contributed by atoms with Crippen molar-refractivity contribution in [3.63, 3.8) is 0 Å². The van der Waals surface area contributed by atoms with Crippen molar-refractivity contribution in [2.24, 2.45) is 7.05 Å². The van der Waals surface area contributed by atoms with Crippen LogP contribution < -0.4 is 5.32 Å². The molecule has 0 radical (unpaired) electrons. The molecule has 2 aromatic rings. The number of hydrogen-bond donors (Lipinski definition) is 2. The van der Waals surface area contributed by atoms with E-state index >= 15 is 0 Å². The Morgan fingerprint density at radius 2 is 2.18 bits per heavy atom. The molecule has 0 aliphatic rings. The molecule has 0 spiro atoms. The molecule has 1 unspecified atom stereocenters. The zero-order valence-corrected chi connectivity index (χ0v) is 14.1. The third-order valence-electron chi connectivity index (χ3n) is 3.72. The summed E-state index contributed by atoms with van der Waals surface area (Å²) in [5.74, 6) is -0.0627. The molecule has 0 aliphatic heterocycles. The Morgan fingerprint density at radius 3 is 2.82 bits per heavy atom. The molecule has 1 atom stereocenters. The molecule has 0 bridgehead atoms. The second kappa shape index (κ2) is 6.98. The van der Waals surface area contributed by atoms with Gasteiger partial charge in [0.1, 0.15) is 0 Å². The third kappa shape index (κ3) is 3.51. The van der Waals surface area contributed by atoms with Gasteiger partial charge in [-0.05, 0) is 38.0 Å². The number of anilines is 1. The van der Waals surface area contributed by atoms with E-state index in [0.717, 1.165) is 22.5 Å². The molecule has 1 heterocycles.